The minimum absolute atomic E-state index is 0.168. The molecule has 0 spiro atoms. The number of aliphatic imine (C=N–C) groups is 1. The molecule has 0 saturated heterocycles. The molecule has 0 saturated carbocycles. The summed E-state index contributed by atoms with van der Waals surface area (Å²) in [6, 6.07) is 6.71. The summed E-state index contributed by atoms with van der Waals surface area (Å²) in [6.07, 6.45) is 1.84. The van der Waals surface area contributed by atoms with Crippen LogP contribution >= 0.6 is 11.9 Å². The molecule has 2 nitrogen and oxygen atoms in total. The van der Waals surface area contributed by atoms with E-state index < -0.39 is 0 Å². The van der Waals surface area contributed by atoms with Crippen molar-refractivity contribution in [1.82, 2.24) is 4.31 Å². The van der Waals surface area contributed by atoms with Crippen LogP contribution in [0.4, 0.5) is 4.39 Å². The molecule has 1 aromatic carbocycles. The monoisotopic (exact) mass is 210 g/mol. The highest BCUT2D eigenvalue weighted by Gasteiger charge is 2.05. The molecule has 14 heavy (non-hydrogen) atoms. The van der Waals surface area contributed by atoms with Crippen molar-refractivity contribution in [1.29, 1.82) is 0 Å². The van der Waals surface area contributed by atoms with Gasteiger partial charge in [-0.2, -0.15) is 0 Å². The van der Waals surface area contributed by atoms with Gasteiger partial charge in [0, 0.05) is 5.75 Å². The smallest absolute Gasteiger partial charge is 0.123 e. The van der Waals surface area contributed by atoms with Gasteiger partial charge in [-0.25, -0.2) is 4.39 Å². The molecule has 2 rings (SSSR count). The number of halogens is 1. The number of hydrogen-bond acceptors (Lipinski definition) is 3. The molecule has 0 radical (unpaired) electrons. The van der Waals surface area contributed by atoms with Crippen molar-refractivity contribution in [3.05, 3.63) is 35.6 Å². The predicted octanol–water partition coefficient (Wildman–Crippen LogP) is 2.32. The first-order valence-electron chi connectivity index (χ1n) is 4.48. The zero-order valence-corrected chi connectivity index (χ0v) is 8.51. The van der Waals surface area contributed by atoms with Crippen LogP contribution in [0, 0.1) is 5.82 Å². The van der Waals surface area contributed by atoms with Crippen molar-refractivity contribution in [3.63, 3.8) is 0 Å². The van der Waals surface area contributed by atoms with Crippen molar-refractivity contribution in [2.45, 2.75) is 5.75 Å². The quantitative estimate of drug-likeness (QED) is 0.711. The third-order valence-corrected chi connectivity index (χ3v) is 3.02. The lowest BCUT2D eigenvalue weighted by molar-refractivity contribution is 0.626. The summed E-state index contributed by atoms with van der Waals surface area (Å²) in [6.45, 7) is 1.83. The second-order valence-corrected chi connectivity index (χ2v) is 4.08. The van der Waals surface area contributed by atoms with Crippen molar-refractivity contribution < 1.29 is 4.39 Å². The summed E-state index contributed by atoms with van der Waals surface area (Å²) < 4.78 is 14.9. The Morgan fingerprint density at radius 2 is 2.43 bits per heavy atom. The second-order valence-electron chi connectivity index (χ2n) is 3.07. The zero-order valence-electron chi connectivity index (χ0n) is 7.69. The predicted molar refractivity (Wildman–Crippen MR) is 57.8 cm³/mol. The second kappa shape index (κ2) is 4.46. The molecule has 1 aliphatic heterocycles. The van der Waals surface area contributed by atoms with Gasteiger partial charge in [0.05, 0.1) is 19.4 Å². The minimum Gasteiger partial charge on any atom is -0.305 e. The van der Waals surface area contributed by atoms with Crippen molar-refractivity contribution in [2.75, 3.05) is 13.1 Å². The molecule has 0 unspecified atom stereocenters. The maximum absolute atomic E-state index is 12.8. The number of benzene rings is 1. The maximum Gasteiger partial charge on any atom is 0.123 e. The van der Waals surface area contributed by atoms with E-state index in [0.29, 0.717) is 0 Å². The SMILES string of the molecule is Fc1cccc(CSN2C=NCC2)c1. The fourth-order valence-electron chi connectivity index (χ4n) is 1.24. The van der Waals surface area contributed by atoms with Gasteiger partial charge in [-0.15, -0.1) is 0 Å². The molecular weight excluding hydrogens is 199 g/mol. The van der Waals surface area contributed by atoms with E-state index in [-0.39, 0.29) is 5.82 Å². The van der Waals surface area contributed by atoms with Gasteiger partial charge >= 0.3 is 0 Å². The average molecular weight is 210 g/mol. The molecule has 1 aliphatic rings. The topological polar surface area (TPSA) is 15.6 Å². The first kappa shape index (κ1) is 9.52. The average Bonchev–Trinajstić information content (AvgIpc) is 2.67. The molecule has 1 heterocycles. The number of hydrogen-bond donors (Lipinski definition) is 0. The normalized spacial score (nSPS) is 15.1. The summed E-state index contributed by atoms with van der Waals surface area (Å²) in [5, 5.41) is 0. The highest BCUT2D eigenvalue weighted by atomic mass is 32.2. The van der Waals surface area contributed by atoms with Crippen LogP contribution in [0.2, 0.25) is 0 Å². The van der Waals surface area contributed by atoms with E-state index in [9.17, 15) is 4.39 Å². The molecule has 0 bridgehead atoms. The van der Waals surface area contributed by atoms with Gasteiger partial charge in [0.2, 0.25) is 0 Å². The van der Waals surface area contributed by atoms with Crippen molar-refractivity contribution in [3.8, 4) is 0 Å². The van der Waals surface area contributed by atoms with Gasteiger partial charge in [-0.1, -0.05) is 12.1 Å². The molecule has 74 valence electrons. The molecule has 0 N–H and O–H groups in total. The highest BCUT2D eigenvalue weighted by Crippen LogP contribution is 2.17. The van der Waals surface area contributed by atoms with E-state index in [4.69, 9.17) is 0 Å². The van der Waals surface area contributed by atoms with Crippen molar-refractivity contribution >= 4 is 18.3 Å². The molecule has 4 heteroatoms. The summed E-state index contributed by atoms with van der Waals surface area (Å²) >= 11 is 1.66. The Kier molecular flexibility index (Phi) is 3.03. The van der Waals surface area contributed by atoms with E-state index in [1.54, 1.807) is 24.1 Å². The number of nitrogens with zero attached hydrogens (tertiary/aromatic N) is 2. The first-order chi connectivity index (χ1) is 6.84. The van der Waals surface area contributed by atoms with Crippen LogP contribution in [0.1, 0.15) is 5.56 Å². The maximum atomic E-state index is 12.8. The largest absolute Gasteiger partial charge is 0.305 e. The van der Waals surface area contributed by atoms with Crippen LogP contribution in [0.3, 0.4) is 0 Å². The van der Waals surface area contributed by atoms with Crippen LogP contribution in [-0.2, 0) is 5.75 Å². The van der Waals surface area contributed by atoms with Gasteiger partial charge in [-0.05, 0) is 29.6 Å². The van der Waals surface area contributed by atoms with E-state index in [1.165, 1.54) is 6.07 Å². The summed E-state index contributed by atoms with van der Waals surface area (Å²) in [5.74, 6) is 0.627. The lowest BCUT2D eigenvalue weighted by atomic mass is 10.2. The fraction of sp³-hybridized carbons (Fsp3) is 0.300. The zero-order chi connectivity index (χ0) is 9.80. The molecular formula is C10H11FN2S. The third-order valence-electron chi connectivity index (χ3n) is 1.95. The molecule has 0 atom stereocenters. The lowest BCUT2D eigenvalue weighted by Gasteiger charge is -2.11. The van der Waals surface area contributed by atoms with Gasteiger partial charge < -0.3 is 4.31 Å². The van der Waals surface area contributed by atoms with Crippen LogP contribution in [-0.4, -0.2) is 23.7 Å². The Morgan fingerprint density at radius 3 is 3.14 bits per heavy atom. The Balaban J connectivity index is 1.88. The van der Waals surface area contributed by atoms with Crippen LogP contribution in [0.25, 0.3) is 0 Å². The van der Waals surface area contributed by atoms with E-state index in [1.807, 2.05) is 12.4 Å². The fourth-order valence-corrected chi connectivity index (χ4v) is 2.08. The molecule has 1 aromatic rings. The summed E-state index contributed by atoms with van der Waals surface area (Å²) in [7, 11) is 0. The first-order valence-corrected chi connectivity index (χ1v) is 5.43. The molecule has 0 aliphatic carbocycles. The van der Waals surface area contributed by atoms with Crippen molar-refractivity contribution in [2.24, 2.45) is 4.99 Å². The highest BCUT2D eigenvalue weighted by molar-refractivity contribution is 7.96. The lowest BCUT2D eigenvalue weighted by Crippen LogP contribution is -2.10. The Bertz CT molecular complexity index is 341. The Labute approximate surface area is 87.0 Å². The Morgan fingerprint density at radius 1 is 1.50 bits per heavy atom. The van der Waals surface area contributed by atoms with Gasteiger partial charge in [-0.3, -0.25) is 4.99 Å². The standard InChI is InChI=1S/C10H11FN2S/c11-10-3-1-2-9(6-10)7-14-13-5-4-12-8-13/h1-3,6,8H,4-5,7H2. The van der Waals surface area contributed by atoms with Crippen LogP contribution < -0.4 is 0 Å². The van der Waals surface area contributed by atoms with E-state index in [0.717, 1.165) is 24.4 Å². The van der Waals surface area contributed by atoms with Crippen LogP contribution in [0.15, 0.2) is 29.3 Å². The third kappa shape index (κ3) is 2.48. The van der Waals surface area contributed by atoms with E-state index >= 15 is 0 Å². The molecule has 0 fully saturated rings. The van der Waals surface area contributed by atoms with Gasteiger partial charge in [0.15, 0.2) is 0 Å². The summed E-state index contributed by atoms with van der Waals surface area (Å²) in [5.41, 5.74) is 1.01. The van der Waals surface area contributed by atoms with Gasteiger partial charge in [0.25, 0.3) is 0 Å². The Hall–Kier alpha value is -1.03. The number of rotatable bonds is 3. The minimum atomic E-state index is -0.168. The van der Waals surface area contributed by atoms with Gasteiger partial charge in [0.1, 0.15) is 5.82 Å². The van der Waals surface area contributed by atoms with E-state index in [2.05, 4.69) is 9.30 Å². The summed E-state index contributed by atoms with van der Waals surface area (Å²) in [4.78, 5) is 4.10. The van der Waals surface area contributed by atoms with Crippen LogP contribution in [0.5, 0.6) is 0 Å². The molecule has 0 aromatic heterocycles. The molecule has 0 amide bonds.